The second-order valence-electron chi connectivity index (χ2n) is 5.91. The Morgan fingerprint density at radius 3 is 2.90 bits per heavy atom. The number of likely N-dealkylation sites (tertiary alicyclic amines) is 1. The van der Waals surface area contributed by atoms with Crippen LogP contribution in [-0.2, 0) is 0 Å². The van der Waals surface area contributed by atoms with Gasteiger partial charge in [-0.15, -0.1) is 0 Å². The molecule has 1 aromatic rings. The molecule has 0 saturated carbocycles. The van der Waals surface area contributed by atoms with E-state index >= 15 is 0 Å². The number of benzene rings is 1. The highest BCUT2D eigenvalue weighted by molar-refractivity contribution is 6.33. The van der Waals surface area contributed by atoms with Crippen molar-refractivity contribution >= 4 is 23.3 Å². The van der Waals surface area contributed by atoms with Crippen molar-refractivity contribution in [3.05, 3.63) is 29.3 Å². The van der Waals surface area contributed by atoms with Crippen LogP contribution >= 0.6 is 11.6 Å². The van der Waals surface area contributed by atoms with Gasteiger partial charge >= 0.3 is 6.03 Å². The van der Waals surface area contributed by atoms with E-state index in [-0.39, 0.29) is 6.03 Å². The number of nitrogens with zero attached hydrogens (tertiary/aromatic N) is 1. The molecule has 0 aromatic heterocycles. The fourth-order valence-electron chi connectivity index (χ4n) is 2.70. The Bertz CT molecular complexity index is 478. The van der Waals surface area contributed by atoms with Crippen LogP contribution in [0.4, 0.5) is 10.5 Å². The molecule has 1 atom stereocenters. The van der Waals surface area contributed by atoms with Crippen LogP contribution in [-0.4, -0.2) is 36.6 Å². The number of urea groups is 1. The fourth-order valence-corrected chi connectivity index (χ4v) is 2.88. The quantitative estimate of drug-likeness (QED) is 0.893. The van der Waals surface area contributed by atoms with Crippen LogP contribution in [0.25, 0.3) is 0 Å². The predicted molar refractivity (Wildman–Crippen MR) is 87.9 cm³/mol. The molecule has 0 radical (unpaired) electrons. The molecule has 2 amide bonds. The number of amides is 2. The lowest BCUT2D eigenvalue weighted by atomic mass is 9.97. The minimum Gasteiger partial charge on any atom is -0.338 e. The smallest absolute Gasteiger partial charge is 0.319 e. The molecule has 1 aliphatic heterocycles. The number of nitrogens with one attached hydrogen (secondary N) is 2. The van der Waals surface area contributed by atoms with Gasteiger partial charge in [0, 0.05) is 19.1 Å². The lowest BCUT2D eigenvalue weighted by Gasteiger charge is -2.35. The van der Waals surface area contributed by atoms with Gasteiger partial charge in [0.05, 0.1) is 10.7 Å². The first kappa shape index (κ1) is 16.1. The summed E-state index contributed by atoms with van der Waals surface area (Å²) in [6, 6.07) is 7.63. The van der Waals surface area contributed by atoms with Crippen molar-refractivity contribution in [2.45, 2.75) is 32.7 Å². The summed E-state index contributed by atoms with van der Waals surface area (Å²) in [6.45, 7) is 7.38. The van der Waals surface area contributed by atoms with Gasteiger partial charge in [-0.3, -0.25) is 0 Å². The van der Waals surface area contributed by atoms with Gasteiger partial charge in [0.15, 0.2) is 0 Å². The maximum atomic E-state index is 11.9. The molecule has 116 valence electrons. The van der Waals surface area contributed by atoms with Crippen LogP contribution in [0.5, 0.6) is 0 Å². The van der Waals surface area contributed by atoms with E-state index in [2.05, 4.69) is 29.4 Å². The van der Waals surface area contributed by atoms with Crippen molar-refractivity contribution in [2.24, 2.45) is 5.92 Å². The first-order valence-corrected chi connectivity index (χ1v) is 7.97. The second-order valence-corrected chi connectivity index (χ2v) is 6.32. The van der Waals surface area contributed by atoms with Gasteiger partial charge in [-0.25, -0.2) is 4.79 Å². The molecule has 1 fully saturated rings. The number of halogens is 1. The number of para-hydroxylation sites is 1. The third kappa shape index (κ3) is 4.90. The van der Waals surface area contributed by atoms with Gasteiger partial charge < -0.3 is 15.5 Å². The van der Waals surface area contributed by atoms with Gasteiger partial charge in [0.1, 0.15) is 0 Å². The van der Waals surface area contributed by atoms with E-state index in [4.69, 9.17) is 11.6 Å². The van der Waals surface area contributed by atoms with Gasteiger partial charge in [-0.05, 0) is 51.3 Å². The monoisotopic (exact) mass is 309 g/mol. The van der Waals surface area contributed by atoms with Crippen LogP contribution < -0.4 is 10.6 Å². The topological polar surface area (TPSA) is 44.4 Å². The van der Waals surface area contributed by atoms with E-state index in [1.165, 1.54) is 19.4 Å². The van der Waals surface area contributed by atoms with Crippen LogP contribution in [0, 0.1) is 5.92 Å². The van der Waals surface area contributed by atoms with Crippen molar-refractivity contribution in [1.29, 1.82) is 0 Å². The summed E-state index contributed by atoms with van der Waals surface area (Å²) in [7, 11) is 0. The third-order valence-corrected chi connectivity index (χ3v) is 4.28. The van der Waals surface area contributed by atoms with E-state index in [1.54, 1.807) is 12.1 Å². The number of hydrogen-bond acceptors (Lipinski definition) is 2. The van der Waals surface area contributed by atoms with Crippen LogP contribution in [0.1, 0.15) is 26.7 Å². The standard InChI is InChI=1S/C16H24ClN3O/c1-12(2)20-9-5-6-13(11-20)10-18-16(21)19-15-8-4-3-7-14(15)17/h3-4,7-8,12-13H,5-6,9-11H2,1-2H3,(H2,18,19,21). The Hall–Kier alpha value is -1.26. The lowest BCUT2D eigenvalue weighted by Crippen LogP contribution is -2.44. The molecular formula is C16H24ClN3O. The first-order valence-electron chi connectivity index (χ1n) is 7.59. The number of rotatable bonds is 4. The van der Waals surface area contributed by atoms with E-state index < -0.39 is 0 Å². The fraction of sp³-hybridized carbons (Fsp3) is 0.562. The Morgan fingerprint density at radius 1 is 1.43 bits per heavy atom. The molecule has 1 aliphatic rings. The highest BCUT2D eigenvalue weighted by atomic mass is 35.5. The van der Waals surface area contributed by atoms with Crippen LogP contribution in [0.3, 0.4) is 0 Å². The molecule has 0 bridgehead atoms. The number of anilines is 1. The summed E-state index contributed by atoms with van der Waals surface area (Å²) in [6.07, 6.45) is 2.38. The van der Waals surface area contributed by atoms with E-state index in [9.17, 15) is 4.79 Å². The molecule has 5 heteroatoms. The largest absolute Gasteiger partial charge is 0.338 e. The summed E-state index contributed by atoms with van der Waals surface area (Å²) in [5, 5.41) is 6.29. The molecule has 1 unspecified atom stereocenters. The highest BCUT2D eigenvalue weighted by Crippen LogP contribution is 2.20. The zero-order chi connectivity index (χ0) is 15.2. The summed E-state index contributed by atoms with van der Waals surface area (Å²) in [5.74, 6) is 0.526. The van der Waals surface area contributed by atoms with E-state index in [1.807, 2.05) is 12.1 Å². The van der Waals surface area contributed by atoms with Crippen LogP contribution in [0.15, 0.2) is 24.3 Å². The second kappa shape index (κ2) is 7.66. The molecule has 1 aromatic carbocycles. The maximum Gasteiger partial charge on any atom is 0.319 e. The Kier molecular flexibility index (Phi) is 5.88. The van der Waals surface area contributed by atoms with Gasteiger partial charge in [0.25, 0.3) is 0 Å². The molecule has 1 heterocycles. The van der Waals surface area contributed by atoms with Crippen molar-refractivity contribution in [2.75, 3.05) is 25.0 Å². The Morgan fingerprint density at radius 2 is 2.19 bits per heavy atom. The molecular weight excluding hydrogens is 286 g/mol. The molecule has 0 spiro atoms. The number of carbonyl (C=O) groups is 1. The summed E-state index contributed by atoms with van der Waals surface area (Å²) in [4.78, 5) is 14.4. The van der Waals surface area contributed by atoms with Gasteiger partial charge in [-0.1, -0.05) is 23.7 Å². The van der Waals surface area contributed by atoms with Crippen LogP contribution in [0.2, 0.25) is 5.02 Å². The number of piperidine rings is 1. The minimum atomic E-state index is -0.190. The number of carbonyl (C=O) groups excluding carboxylic acids is 1. The average molecular weight is 310 g/mol. The normalized spacial score (nSPS) is 19.5. The van der Waals surface area contributed by atoms with Gasteiger partial charge in [0.2, 0.25) is 0 Å². The first-order chi connectivity index (χ1) is 10.1. The molecule has 0 aliphatic carbocycles. The molecule has 4 nitrogen and oxygen atoms in total. The minimum absolute atomic E-state index is 0.190. The van der Waals surface area contributed by atoms with Crippen molar-refractivity contribution in [3.8, 4) is 0 Å². The predicted octanol–water partition coefficient (Wildman–Crippen LogP) is 3.58. The Balaban J connectivity index is 1.77. The van der Waals surface area contributed by atoms with E-state index in [0.717, 1.165) is 6.54 Å². The SMILES string of the molecule is CC(C)N1CCCC(CNC(=O)Nc2ccccc2Cl)C1. The third-order valence-electron chi connectivity index (χ3n) is 3.95. The number of hydrogen-bond donors (Lipinski definition) is 2. The van der Waals surface area contributed by atoms with Crippen molar-refractivity contribution < 1.29 is 4.79 Å². The highest BCUT2D eigenvalue weighted by Gasteiger charge is 2.21. The molecule has 2 N–H and O–H groups in total. The van der Waals surface area contributed by atoms with Crippen molar-refractivity contribution in [3.63, 3.8) is 0 Å². The summed E-state index contributed by atoms with van der Waals surface area (Å²) in [5.41, 5.74) is 0.643. The molecule has 1 saturated heterocycles. The lowest BCUT2D eigenvalue weighted by molar-refractivity contribution is 0.139. The summed E-state index contributed by atoms with van der Waals surface area (Å²) < 4.78 is 0. The van der Waals surface area contributed by atoms with Crippen molar-refractivity contribution in [1.82, 2.24) is 10.2 Å². The zero-order valence-electron chi connectivity index (χ0n) is 12.7. The Labute approximate surface area is 131 Å². The summed E-state index contributed by atoms with van der Waals surface area (Å²) >= 11 is 6.02. The van der Waals surface area contributed by atoms with E-state index in [0.29, 0.717) is 29.2 Å². The maximum absolute atomic E-state index is 11.9. The zero-order valence-corrected chi connectivity index (χ0v) is 13.5. The van der Waals surface area contributed by atoms with Gasteiger partial charge in [-0.2, -0.15) is 0 Å². The average Bonchev–Trinajstić information content (AvgIpc) is 2.48. The molecule has 2 rings (SSSR count). The molecule has 21 heavy (non-hydrogen) atoms.